The molecule has 0 saturated heterocycles. The zero-order valence-corrected chi connectivity index (χ0v) is 17.2. The van der Waals surface area contributed by atoms with Gasteiger partial charge in [0.1, 0.15) is 0 Å². The highest BCUT2D eigenvalue weighted by molar-refractivity contribution is 7.09. The fourth-order valence-corrected chi connectivity index (χ4v) is 3.51. The van der Waals surface area contributed by atoms with Crippen LogP contribution in [0.25, 0.3) is 0 Å². The molecule has 1 amide bonds. The van der Waals surface area contributed by atoms with Gasteiger partial charge in [0.25, 0.3) is 0 Å². The maximum absolute atomic E-state index is 12.3. The first-order valence-corrected chi connectivity index (χ1v) is 10.1. The van der Waals surface area contributed by atoms with Gasteiger partial charge in [-0.15, -0.1) is 11.3 Å². The second-order valence-electron chi connectivity index (χ2n) is 7.80. The molecule has 2 aromatic rings. The third-order valence-electron chi connectivity index (χ3n) is 4.40. The Labute approximate surface area is 164 Å². The van der Waals surface area contributed by atoms with E-state index in [2.05, 4.69) is 31.1 Å². The smallest absolute Gasteiger partial charge is 0.305 e. The number of aryl methyl sites for hydroxylation is 2. The molecule has 1 aromatic heterocycles. The van der Waals surface area contributed by atoms with E-state index in [0.29, 0.717) is 12.8 Å². The first-order valence-electron chi connectivity index (χ1n) is 9.18. The third kappa shape index (κ3) is 6.79. The molecule has 27 heavy (non-hydrogen) atoms. The largest absolute Gasteiger partial charge is 0.481 e. The third-order valence-corrected chi connectivity index (χ3v) is 5.22. The van der Waals surface area contributed by atoms with Gasteiger partial charge in [-0.25, -0.2) is 4.98 Å². The molecule has 1 heterocycles. The number of amides is 1. The summed E-state index contributed by atoms with van der Waals surface area (Å²) in [7, 11) is 0. The molecule has 0 radical (unpaired) electrons. The molecule has 0 aliphatic heterocycles. The number of carboxylic acids is 1. The number of thiazole rings is 1. The van der Waals surface area contributed by atoms with Gasteiger partial charge in [0.2, 0.25) is 5.91 Å². The highest BCUT2D eigenvalue weighted by atomic mass is 32.1. The van der Waals surface area contributed by atoms with Crippen LogP contribution in [0.3, 0.4) is 0 Å². The van der Waals surface area contributed by atoms with Gasteiger partial charge in [-0.05, 0) is 36.3 Å². The number of aromatic nitrogens is 1. The van der Waals surface area contributed by atoms with Crippen LogP contribution in [-0.2, 0) is 21.4 Å². The van der Waals surface area contributed by atoms with Gasteiger partial charge in [-0.1, -0.05) is 45.0 Å². The zero-order valence-electron chi connectivity index (χ0n) is 16.4. The molecule has 5 nitrogen and oxygen atoms in total. The summed E-state index contributed by atoms with van der Waals surface area (Å²) in [6.07, 6.45) is 1.66. The lowest BCUT2D eigenvalue weighted by atomic mass is 9.86. The lowest BCUT2D eigenvalue weighted by Gasteiger charge is -2.22. The van der Waals surface area contributed by atoms with Crippen LogP contribution in [0.2, 0.25) is 0 Å². The van der Waals surface area contributed by atoms with Crippen molar-refractivity contribution in [2.45, 2.75) is 64.8 Å². The van der Waals surface area contributed by atoms with Gasteiger partial charge >= 0.3 is 5.97 Å². The number of aliphatic carboxylic acids is 1. The lowest BCUT2D eigenvalue weighted by molar-refractivity contribution is -0.137. The van der Waals surface area contributed by atoms with Crippen LogP contribution in [0.1, 0.15) is 67.9 Å². The van der Waals surface area contributed by atoms with E-state index in [0.717, 1.165) is 22.7 Å². The molecule has 0 fully saturated rings. The molecule has 1 aromatic carbocycles. The first-order chi connectivity index (χ1) is 12.6. The van der Waals surface area contributed by atoms with Crippen LogP contribution < -0.4 is 5.32 Å². The van der Waals surface area contributed by atoms with Crippen molar-refractivity contribution in [1.82, 2.24) is 10.3 Å². The maximum Gasteiger partial charge on any atom is 0.305 e. The Morgan fingerprint density at radius 3 is 2.41 bits per heavy atom. The van der Waals surface area contributed by atoms with Crippen molar-refractivity contribution < 1.29 is 14.7 Å². The van der Waals surface area contributed by atoms with Gasteiger partial charge in [0.15, 0.2) is 0 Å². The molecular weight excluding hydrogens is 360 g/mol. The maximum atomic E-state index is 12.3. The van der Waals surface area contributed by atoms with E-state index in [-0.39, 0.29) is 17.7 Å². The fourth-order valence-electron chi connectivity index (χ4n) is 2.86. The lowest BCUT2D eigenvalue weighted by Crippen LogP contribution is -2.30. The minimum atomic E-state index is -0.932. The summed E-state index contributed by atoms with van der Waals surface area (Å²) in [6, 6.07) is 7.30. The van der Waals surface area contributed by atoms with Crippen molar-refractivity contribution in [2.24, 2.45) is 0 Å². The molecule has 2 N–H and O–H groups in total. The summed E-state index contributed by atoms with van der Waals surface area (Å²) in [4.78, 5) is 27.9. The van der Waals surface area contributed by atoms with E-state index >= 15 is 0 Å². The van der Waals surface area contributed by atoms with E-state index in [1.807, 2.05) is 36.6 Å². The van der Waals surface area contributed by atoms with Crippen LogP contribution in [0.5, 0.6) is 0 Å². The molecule has 0 bridgehead atoms. The van der Waals surface area contributed by atoms with E-state index < -0.39 is 12.0 Å². The molecule has 1 unspecified atom stereocenters. The Kier molecular flexibility index (Phi) is 7.13. The average Bonchev–Trinajstić information content (AvgIpc) is 2.98. The summed E-state index contributed by atoms with van der Waals surface area (Å²) >= 11 is 1.60. The normalized spacial score (nSPS) is 12.6. The van der Waals surface area contributed by atoms with E-state index in [1.54, 1.807) is 11.3 Å². The number of nitrogens with one attached hydrogen (secondary N) is 1. The van der Waals surface area contributed by atoms with Gasteiger partial charge in [0, 0.05) is 11.8 Å². The number of benzene rings is 1. The van der Waals surface area contributed by atoms with E-state index in [1.165, 1.54) is 5.56 Å². The highest BCUT2D eigenvalue weighted by Gasteiger charge is 2.19. The molecule has 146 valence electrons. The molecule has 0 aliphatic rings. The summed E-state index contributed by atoms with van der Waals surface area (Å²) in [5.41, 5.74) is 3.02. The number of hydrogen-bond donors (Lipinski definition) is 2. The number of nitrogens with zero attached hydrogens (tertiary/aromatic N) is 1. The first kappa shape index (κ1) is 21.1. The quantitative estimate of drug-likeness (QED) is 0.702. The predicted molar refractivity (Wildman–Crippen MR) is 108 cm³/mol. The fraction of sp³-hybridized carbons (Fsp3) is 0.476. The topological polar surface area (TPSA) is 79.3 Å². The van der Waals surface area contributed by atoms with Crippen molar-refractivity contribution in [3.8, 4) is 0 Å². The predicted octanol–water partition coefficient (Wildman–Crippen LogP) is 4.40. The van der Waals surface area contributed by atoms with E-state index in [9.17, 15) is 14.7 Å². The van der Waals surface area contributed by atoms with Crippen molar-refractivity contribution in [3.05, 3.63) is 51.5 Å². The van der Waals surface area contributed by atoms with E-state index in [4.69, 9.17) is 0 Å². The molecule has 0 aliphatic carbocycles. The van der Waals surface area contributed by atoms with Crippen molar-refractivity contribution >= 4 is 23.2 Å². The Balaban J connectivity index is 1.96. The summed E-state index contributed by atoms with van der Waals surface area (Å²) in [6.45, 7) is 8.34. The van der Waals surface area contributed by atoms with Crippen molar-refractivity contribution in [2.75, 3.05) is 0 Å². The Morgan fingerprint density at radius 1 is 1.22 bits per heavy atom. The van der Waals surface area contributed by atoms with Crippen molar-refractivity contribution in [3.63, 3.8) is 0 Å². The zero-order chi connectivity index (χ0) is 20.0. The number of carboxylic acid groups (broad SMARTS) is 1. The highest BCUT2D eigenvalue weighted by Crippen LogP contribution is 2.25. The number of hydrogen-bond acceptors (Lipinski definition) is 4. The molecule has 1 atom stereocenters. The molecule has 6 heteroatoms. The monoisotopic (exact) mass is 388 g/mol. The Morgan fingerprint density at radius 2 is 1.89 bits per heavy atom. The van der Waals surface area contributed by atoms with Crippen LogP contribution in [-0.4, -0.2) is 22.0 Å². The molecular formula is C21H28N2O3S. The summed E-state index contributed by atoms with van der Waals surface area (Å²) in [5, 5.41) is 15.1. The van der Waals surface area contributed by atoms with Gasteiger partial charge in [-0.2, -0.15) is 0 Å². The number of carbonyl (C=O) groups is 2. The summed E-state index contributed by atoms with van der Waals surface area (Å²) < 4.78 is 0. The SMILES string of the molecule is Cc1nc(CCCC(=O)NC(CC(=O)O)c2ccc(C(C)(C)C)cc2)cs1. The molecule has 0 saturated carbocycles. The second kappa shape index (κ2) is 9.13. The summed E-state index contributed by atoms with van der Waals surface area (Å²) in [5.74, 6) is -1.06. The van der Waals surface area contributed by atoms with Gasteiger partial charge < -0.3 is 10.4 Å². The minimum absolute atomic E-state index is 0.0259. The van der Waals surface area contributed by atoms with Crippen LogP contribution in [0.4, 0.5) is 0 Å². The second-order valence-corrected chi connectivity index (χ2v) is 8.86. The number of carbonyl (C=O) groups excluding carboxylic acids is 1. The van der Waals surface area contributed by atoms with Gasteiger partial charge in [-0.3, -0.25) is 9.59 Å². The molecule has 2 rings (SSSR count). The van der Waals surface area contributed by atoms with Crippen LogP contribution >= 0.6 is 11.3 Å². The standard InChI is InChI=1S/C21H28N2O3S/c1-14-22-17(13-27-14)6-5-7-19(24)23-18(12-20(25)26)15-8-10-16(11-9-15)21(2,3)4/h8-11,13,18H,5-7,12H2,1-4H3,(H,23,24)(H,25,26). The molecule has 0 spiro atoms. The Bertz CT molecular complexity index is 775. The van der Waals surface area contributed by atoms with Gasteiger partial charge in [0.05, 0.1) is 23.2 Å². The Hall–Kier alpha value is -2.21. The number of rotatable bonds is 8. The van der Waals surface area contributed by atoms with Crippen LogP contribution in [0, 0.1) is 6.92 Å². The van der Waals surface area contributed by atoms with Crippen molar-refractivity contribution in [1.29, 1.82) is 0 Å². The average molecular weight is 389 g/mol. The minimum Gasteiger partial charge on any atom is -0.481 e. The van der Waals surface area contributed by atoms with Crippen LogP contribution in [0.15, 0.2) is 29.6 Å².